The fourth-order valence-corrected chi connectivity index (χ4v) is 5.56. The molecule has 0 bridgehead atoms. The van der Waals surface area contributed by atoms with Crippen molar-refractivity contribution in [2.24, 2.45) is 5.92 Å². The highest BCUT2D eigenvalue weighted by molar-refractivity contribution is 7.64. The van der Waals surface area contributed by atoms with Gasteiger partial charge in [-0.05, 0) is 37.9 Å². The maximum Gasteiger partial charge on any atom is 0.302 e. The van der Waals surface area contributed by atoms with Crippen LogP contribution in [0, 0.1) is 5.92 Å². The molecule has 3 rings (SSSR count). The van der Waals surface area contributed by atoms with E-state index in [2.05, 4.69) is 0 Å². The van der Waals surface area contributed by atoms with E-state index in [0.29, 0.717) is 18.6 Å². The molecule has 0 N–H and O–H groups in total. The molecule has 1 aliphatic heterocycles. The Morgan fingerprint density at radius 1 is 1.22 bits per heavy atom. The topological polar surface area (TPSA) is 29.5 Å². The highest BCUT2D eigenvalue weighted by atomic mass is 31.2. The Morgan fingerprint density at radius 2 is 1.94 bits per heavy atom. The lowest BCUT2D eigenvalue weighted by Crippen LogP contribution is -2.46. The SMILES string of the molecule is CN1[C@@H]2CCCC[C@@H]2COP1(=O)c1ccccc1. The Bertz CT molecular complexity index is 462. The van der Waals surface area contributed by atoms with Gasteiger partial charge >= 0.3 is 7.52 Å². The highest BCUT2D eigenvalue weighted by Crippen LogP contribution is 2.56. The summed E-state index contributed by atoms with van der Waals surface area (Å²) in [5.74, 6) is 0.564. The molecule has 18 heavy (non-hydrogen) atoms. The van der Waals surface area contributed by atoms with Crippen molar-refractivity contribution in [3.05, 3.63) is 30.3 Å². The molecule has 2 fully saturated rings. The van der Waals surface area contributed by atoms with Gasteiger partial charge in [0.1, 0.15) is 0 Å². The number of nitrogens with zero attached hydrogens (tertiary/aromatic N) is 1. The average molecular weight is 265 g/mol. The summed E-state index contributed by atoms with van der Waals surface area (Å²) in [7, 11) is -0.845. The average Bonchev–Trinajstić information content (AvgIpc) is 2.44. The van der Waals surface area contributed by atoms with Crippen molar-refractivity contribution in [2.75, 3.05) is 13.7 Å². The zero-order valence-corrected chi connectivity index (χ0v) is 11.7. The van der Waals surface area contributed by atoms with Crippen molar-refractivity contribution in [2.45, 2.75) is 31.7 Å². The minimum Gasteiger partial charge on any atom is -0.314 e. The first kappa shape index (κ1) is 12.4. The summed E-state index contributed by atoms with van der Waals surface area (Å²) in [4.78, 5) is 0. The normalized spacial score (nSPS) is 37.2. The van der Waals surface area contributed by atoms with Crippen LogP contribution in [0.1, 0.15) is 25.7 Å². The molecule has 1 saturated carbocycles. The van der Waals surface area contributed by atoms with Crippen molar-refractivity contribution < 1.29 is 9.09 Å². The van der Waals surface area contributed by atoms with E-state index < -0.39 is 7.52 Å². The van der Waals surface area contributed by atoms with Crippen LogP contribution in [0.25, 0.3) is 0 Å². The van der Waals surface area contributed by atoms with Crippen LogP contribution < -0.4 is 5.30 Å². The molecule has 3 nitrogen and oxygen atoms in total. The molecular weight excluding hydrogens is 245 g/mol. The fourth-order valence-electron chi connectivity index (χ4n) is 3.23. The molecule has 1 saturated heterocycles. The third kappa shape index (κ3) is 1.95. The number of hydrogen-bond donors (Lipinski definition) is 0. The minimum absolute atomic E-state index is 0.429. The maximum atomic E-state index is 13.1. The van der Waals surface area contributed by atoms with Crippen molar-refractivity contribution >= 4 is 12.8 Å². The van der Waals surface area contributed by atoms with E-state index in [0.717, 1.165) is 11.7 Å². The predicted molar refractivity (Wildman–Crippen MR) is 73.1 cm³/mol. The van der Waals surface area contributed by atoms with Crippen LogP contribution in [0.2, 0.25) is 0 Å². The van der Waals surface area contributed by atoms with Gasteiger partial charge in [0, 0.05) is 6.04 Å². The summed E-state index contributed by atoms with van der Waals surface area (Å²) in [6.45, 7) is 0.654. The Balaban J connectivity index is 1.92. The summed E-state index contributed by atoms with van der Waals surface area (Å²) in [5.41, 5.74) is 0. The summed E-state index contributed by atoms with van der Waals surface area (Å²) < 4.78 is 21.0. The lowest BCUT2D eigenvalue weighted by atomic mass is 9.85. The molecular formula is C14H20NO2P. The zero-order valence-electron chi connectivity index (χ0n) is 10.8. The van der Waals surface area contributed by atoms with Crippen molar-refractivity contribution in [3.8, 4) is 0 Å². The first-order chi connectivity index (χ1) is 8.72. The maximum absolute atomic E-state index is 13.1. The monoisotopic (exact) mass is 265 g/mol. The van der Waals surface area contributed by atoms with Crippen LogP contribution in [0.4, 0.5) is 0 Å². The number of fused-ring (bicyclic) bond motifs is 1. The fraction of sp³-hybridized carbons (Fsp3) is 0.571. The van der Waals surface area contributed by atoms with Gasteiger partial charge in [0.05, 0.1) is 11.9 Å². The molecule has 1 aliphatic carbocycles. The van der Waals surface area contributed by atoms with Gasteiger partial charge in [-0.1, -0.05) is 31.0 Å². The van der Waals surface area contributed by atoms with Crippen molar-refractivity contribution in [1.29, 1.82) is 0 Å². The van der Waals surface area contributed by atoms with Gasteiger partial charge in [-0.25, -0.2) is 4.67 Å². The summed E-state index contributed by atoms with van der Waals surface area (Å²) in [5, 5.41) is 0.830. The third-order valence-electron chi connectivity index (χ3n) is 4.31. The summed E-state index contributed by atoms with van der Waals surface area (Å²) in [6.07, 6.45) is 4.90. The molecule has 3 atom stereocenters. The first-order valence-electron chi connectivity index (χ1n) is 6.75. The zero-order chi connectivity index (χ0) is 12.6. The summed E-state index contributed by atoms with van der Waals surface area (Å²) >= 11 is 0. The lowest BCUT2D eigenvalue weighted by molar-refractivity contribution is 0.0836. The smallest absolute Gasteiger partial charge is 0.302 e. The Labute approximate surface area is 109 Å². The van der Waals surface area contributed by atoms with Gasteiger partial charge in [0.2, 0.25) is 0 Å². The number of rotatable bonds is 1. The van der Waals surface area contributed by atoms with E-state index in [-0.39, 0.29) is 0 Å². The van der Waals surface area contributed by atoms with E-state index in [1.165, 1.54) is 19.3 Å². The summed E-state index contributed by atoms with van der Waals surface area (Å²) in [6, 6.07) is 10.1. The Hall–Kier alpha value is -0.630. The predicted octanol–water partition coefficient (Wildman–Crippen LogP) is 3.03. The molecule has 1 aromatic rings. The third-order valence-corrected chi connectivity index (χ3v) is 6.89. The lowest BCUT2D eigenvalue weighted by Gasteiger charge is -2.45. The molecule has 0 spiro atoms. The van der Waals surface area contributed by atoms with Gasteiger partial charge in [-0.15, -0.1) is 0 Å². The van der Waals surface area contributed by atoms with Crippen LogP contribution in [-0.2, 0) is 9.09 Å². The molecule has 1 unspecified atom stereocenters. The quantitative estimate of drug-likeness (QED) is 0.731. The van der Waals surface area contributed by atoms with Crippen LogP contribution in [0.5, 0.6) is 0 Å². The Morgan fingerprint density at radius 3 is 2.72 bits per heavy atom. The molecule has 0 amide bonds. The molecule has 2 aliphatic rings. The van der Waals surface area contributed by atoms with Gasteiger partial charge in [-0.3, -0.25) is 4.57 Å². The van der Waals surface area contributed by atoms with Crippen molar-refractivity contribution in [3.63, 3.8) is 0 Å². The van der Waals surface area contributed by atoms with E-state index >= 15 is 0 Å². The largest absolute Gasteiger partial charge is 0.314 e. The molecule has 4 heteroatoms. The van der Waals surface area contributed by atoms with Crippen molar-refractivity contribution in [1.82, 2.24) is 4.67 Å². The van der Waals surface area contributed by atoms with Crippen LogP contribution in [0.15, 0.2) is 30.3 Å². The standard InChI is InChI=1S/C14H20NO2P/c1-15-14-10-6-5-7-12(14)11-17-18(15,16)13-8-3-2-4-9-13/h2-4,8-9,12,14H,5-7,10-11H2,1H3/t12-,14-,18?/m1/s1. The second kappa shape index (κ2) is 4.80. The minimum atomic E-state index is -2.81. The number of benzene rings is 1. The van der Waals surface area contributed by atoms with Gasteiger partial charge in [0.15, 0.2) is 0 Å². The highest BCUT2D eigenvalue weighted by Gasteiger charge is 2.44. The second-order valence-electron chi connectivity index (χ2n) is 5.34. The van der Waals surface area contributed by atoms with Gasteiger partial charge < -0.3 is 4.52 Å². The van der Waals surface area contributed by atoms with E-state index in [1.54, 1.807) is 0 Å². The van der Waals surface area contributed by atoms with Gasteiger partial charge in [0.25, 0.3) is 0 Å². The second-order valence-corrected chi connectivity index (χ2v) is 7.78. The molecule has 1 heterocycles. The van der Waals surface area contributed by atoms with E-state index in [9.17, 15) is 4.57 Å². The Kier molecular flexibility index (Phi) is 3.31. The van der Waals surface area contributed by atoms with Crippen LogP contribution in [0.3, 0.4) is 0 Å². The number of hydrogen-bond acceptors (Lipinski definition) is 2. The molecule has 0 radical (unpaired) electrons. The van der Waals surface area contributed by atoms with E-state index in [4.69, 9.17) is 4.52 Å². The van der Waals surface area contributed by atoms with Crippen LogP contribution >= 0.6 is 7.52 Å². The first-order valence-corrected chi connectivity index (χ1v) is 8.33. The van der Waals surface area contributed by atoms with Gasteiger partial charge in [-0.2, -0.15) is 0 Å². The molecule has 98 valence electrons. The molecule has 0 aromatic heterocycles. The molecule has 1 aromatic carbocycles. The van der Waals surface area contributed by atoms with E-state index in [1.807, 2.05) is 42.0 Å². The van der Waals surface area contributed by atoms with Crippen LogP contribution in [-0.4, -0.2) is 24.4 Å².